The summed E-state index contributed by atoms with van der Waals surface area (Å²) in [4.78, 5) is 0.141. The predicted octanol–water partition coefficient (Wildman–Crippen LogP) is 4.10. The molecule has 0 heterocycles. The maximum absolute atomic E-state index is 12.4. The van der Waals surface area contributed by atoms with Crippen LogP contribution in [0.2, 0.25) is 0 Å². The molecule has 1 atom stereocenters. The standard InChI is InChI=1S/C21H28O5S/c1-3-4-14-24-16-20(25-15-19-8-6-5-7-9-19)17-26-27(22,23)21-12-10-18(2)11-13-21/h5-13,20H,3-4,14-17H2,1-2H3/t20-/m1/s1. The first-order valence-corrected chi connectivity index (χ1v) is 10.6. The van der Waals surface area contributed by atoms with Gasteiger partial charge in [0.15, 0.2) is 0 Å². The quantitative estimate of drug-likeness (QED) is 0.402. The van der Waals surface area contributed by atoms with Gasteiger partial charge in [-0.1, -0.05) is 61.4 Å². The molecule has 0 unspecified atom stereocenters. The molecule has 0 bridgehead atoms. The van der Waals surface area contributed by atoms with Crippen LogP contribution in [0, 0.1) is 6.92 Å². The molecule has 5 nitrogen and oxygen atoms in total. The molecule has 2 aromatic rings. The molecular formula is C21H28O5S. The first-order valence-electron chi connectivity index (χ1n) is 9.20. The summed E-state index contributed by atoms with van der Waals surface area (Å²) in [5.74, 6) is 0. The van der Waals surface area contributed by atoms with Crippen molar-refractivity contribution >= 4 is 10.1 Å². The zero-order valence-corrected chi connectivity index (χ0v) is 16.8. The third kappa shape index (κ3) is 7.81. The highest BCUT2D eigenvalue weighted by Crippen LogP contribution is 2.14. The van der Waals surface area contributed by atoms with Gasteiger partial charge in [0.05, 0.1) is 24.7 Å². The topological polar surface area (TPSA) is 61.8 Å². The van der Waals surface area contributed by atoms with E-state index in [0.29, 0.717) is 13.2 Å². The Morgan fingerprint density at radius 3 is 2.33 bits per heavy atom. The molecular weight excluding hydrogens is 364 g/mol. The van der Waals surface area contributed by atoms with Crippen LogP contribution >= 0.6 is 0 Å². The van der Waals surface area contributed by atoms with E-state index in [0.717, 1.165) is 24.0 Å². The van der Waals surface area contributed by atoms with Crippen LogP contribution in [0.5, 0.6) is 0 Å². The number of rotatable bonds is 12. The zero-order chi connectivity index (χ0) is 19.5. The lowest BCUT2D eigenvalue weighted by atomic mass is 10.2. The summed E-state index contributed by atoms with van der Waals surface area (Å²) in [6, 6.07) is 16.3. The molecule has 0 saturated heterocycles. The van der Waals surface area contributed by atoms with Crippen molar-refractivity contribution in [3.63, 3.8) is 0 Å². The van der Waals surface area contributed by atoms with Crippen LogP contribution < -0.4 is 0 Å². The predicted molar refractivity (Wildman–Crippen MR) is 105 cm³/mol. The highest BCUT2D eigenvalue weighted by Gasteiger charge is 2.19. The van der Waals surface area contributed by atoms with E-state index < -0.39 is 16.2 Å². The lowest BCUT2D eigenvalue weighted by Gasteiger charge is -2.18. The number of hydrogen-bond acceptors (Lipinski definition) is 5. The monoisotopic (exact) mass is 392 g/mol. The Hall–Kier alpha value is -1.73. The van der Waals surface area contributed by atoms with E-state index in [-0.39, 0.29) is 18.1 Å². The normalized spacial score (nSPS) is 12.8. The molecule has 0 radical (unpaired) electrons. The first-order chi connectivity index (χ1) is 13.0. The van der Waals surface area contributed by atoms with Gasteiger partial charge < -0.3 is 9.47 Å². The molecule has 6 heteroatoms. The van der Waals surface area contributed by atoms with Gasteiger partial charge in [0, 0.05) is 6.61 Å². The second-order valence-electron chi connectivity index (χ2n) is 6.40. The largest absolute Gasteiger partial charge is 0.379 e. The number of benzene rings is 2. The minimum atomic E-state index is -3.83. The van der Waals surface area contributed by atoms with Gasteiger partial charge in [-0.25, -0.2) is 0 Å². The van der Waals surface area contributed by atoms with E-state index in [1.807, 2.05) is 37.3 Å². The van der Waals surface area contributed by atoms with Crippen LogP contribution in [0.4, 0.5) is 0 Å². The lowest BCUT2D eigenvalue weighted by molar-refractivity contribution is -0.0443. The summed E-state index contributed by atoms with van der Waals surface area (Å²) < 4.78 is 41.4. The molecule has 148 valence electrons. The molecule has 0 fully saturated rings. The van der Waals surface area contributed by atoms with Crippen LogP contribution in [0.15, 0.2) is 59.5 Å². The van der Waals surface area contributed by atoms with Gasteiger partial charge in [0.25, 0.3) is 10.1 Å². The van der Waals surface area contributed by atoms with Crippen molar-refractivity contribution in [2.75, 3.05) is 19.8 Å². The maximum atomic E-state index is 12.4. The van der Waals surface area contributed by atoms with Crippen molar-refractivity contribution in [3.05, 3.63) is 65.7 Å². The van der Waals surface area contributed by atoms with Crippen molar-refractivity contribution in [2.45, 2.75) is 44.3 Å². The van der Waals surface area contributed by atoms with Gasteiger partial charge in [0.2, 0.25) is 0 Å². The van der Waals surface area contributed by atoms with Crippen molar-refractivity contribution in [1.82, 2.24) is 0 Å². The molecule has 27 heavy (non-hydrogen) atoms. The average Bonchev–Trinajstić information content (AvgIpc) is 2.68. The number of unbranched alkanes of at least 4 members (excludes halogenated alkanes) is 1. The van der Waals surface area contributed by atoms with Crippen molar-refractivity contribution in [2.24, 2.45) is 0 Å². The van der Waals surface area contributed by atoms with E-state index in [2.05, 4.69) is 6.92 Å². The highest BCUT2D eigenvalue weighted by atomic mass is 32.2. The van der Waals surface area contributed by atoms with E-state index in [9.17, 15) is 8.42 Å². The van der Waals surface area contributed by atoms with E-state index in [1.165, 1.54) is 0 Å². The Morgan fingerprint density at radius 1 is 0.963 bits per heavy atom. The molecule has 0 N–H and O–H groups in total. The van der Waals surface area contributed by atoms with Crippen LogP contribution in [0.25, 0.3) is 0 Å². The van der Waals surface area contributed by atoms with Gasteiger partial charge >= 0.3 is 0 Å². The van der Waals surface area contributed by atoms with Crippen LogP contribution in [0.1, 0.15) is 30.9 Å². The SMILES string of the molecule is CCCCOC[C@H](COS(=O)(=O)c1ccc(C)cc1)OCc1ccccc1. The molecule has 0 aliphatic carbocycles. The van der Waals surface area contributed by atoms with Gasteiger partial charge in [0.1, 0.15) is 6.10 Å². The summed E-state index contributed by atoms with van der Waals surface area (Å²) in [5, 5.41) is 0. The van der Waals surface area contributed by atoms with Gasteiger partial charge in [-0.05, 0) is 31.0 Å². The van der Waals surface area contributed by atoms with Gasteiger partial charge in [-0.2, -0.15) is 8.42 Å². The summed E-state index contributed by atoms with van der Waals surface area (Å²) in [7, 11) is -3.83. The highest BCUT2D eigenvalue weighted by molar-refractivity contribution is 7.86. The summed E-state index contributed by atoms with van der Waals surface area (Å²) in [5.41, 5.74) is 2.00. The Labute approximate surface area is 162 Å². The van der Waals surface area contributed by atoms with Gasteiger partial charge in [-0.15, -0.1) is 0 Å². The van der Waals surface area contributed by atoms with Crippen molar-refractivity contribution in [1.29, 1.82) is 0 Å². The zero-order valence-electron chi connectivity index (χ0n) is 16.0. The van der Waals surface area contributed by atoms with Crippen molar-refractivity contribution < 1.29 is 22.1 Å². The molecule has 0 aromatic heterocycles. The summed E-state index contributed by atoms with van der Waals surface area (Å²) >= 11 is 0. The van der Waals surface area contributed by atoms with Gasteiger partial charge in [-0.3, -0.25) is 4.18 Å². The minimum Gasteiger partial charge on any atom is -0.379 e. The fourth-order valence-corrected chi connectivity index (χ4v) is 3.27. The third-order valence-corrected chi connectivity index (χ3v) is 5.29. The minimum absolute atomic E-state index is 0.0881. The molecule has 0 aliphatic rings. The fraction of sp³-hybridized carbons (Fsp3) is 0.429. The number of hydrogen-bond donors (Lipinski definition) is 0. The lowest BCUT2D eigenvalue weighted by Crippen LogP contribution is -2.27. The van der Waals surface area contributed by atoms with Crippen LogP contribution in [-0.4, -0.2) is 34.3 Å². The molecule has 0 amide bonds. The van der Waals surface area contributed by atoms with E-state index in [1.54, 1.807) is 24.3 Å². The Balaban J connectivity index is 1.93. The third-order valence-electron chi connectivity index (χ3n) is 3.99. The van der Waals surface area contributed by atoms with E-state index in [4.69, 9.17) is 13.7 Å². The molecule has 2 aromatic carbocycles. The fourth-order valence-electron chi connectivity index (χ4n) is 2.33. The Morgan fingerprint density at radius 2 is 1.67 bits per heavy atom. The molecule has 0 aliphatic heterocycles. The Kier molecular flexibility index (Phi) is 8.94. The Bertz CT molecular complexity index is 757. The first kappa shape index (κ1) is 21.6. The number of aryl methyl sites for hydroxylation is 1. The van der Waals surface area contributed by atoms with Crippen LogP contribution in [0.3, 0.4) is 0 Å². The second kappa shape index (κ2) is 11.2. The van der Waals surface area contributed by atoms with Crippen molar-refractivity contribution in [3.8, 4) is 0 Å². The average molecular weight is 393 g/mol. The molecule has 2 rings (SSSR count). The maximum Gasteiger partial charge on any atom is 0.297 e. The second-order valence-corrected chi connectivity index (χ2v) is 8.01. The molecule has 0 spiro atoms. The summed E-state index contributed by atoms with van der Waals surface area (Å²) in [6.45, 7) is 5.18. The number of ether oxygens (including phenoxy) is 2. The van der Waals surface area contributed by atoms with Crippen LogP contribution in [-0.2, 0) is 30.4 Å². The summed E-state index contributed by atoms with van der Waals surface area (Å²) in [6.07, 6.45) is 1.52. The smallest absolute Gasteiger partial charge is 0.297 e. The van der Waals surface area contributed by atoms with E-state index >= 15 is 0 Å². The molecule has 0 saturated carbocycles.